The van der Waals surface area contributed by atoms with Crippen LogP contribution in [0.2, 0.25) is 0 Å². The van der Waals surface area contributed by atoms with Crippen LogP contribution in [0, 0.1) is 5.82 Å². The molecule has 0 saturated carbocycles. The number of nitrogen functional groups attached to an aromatic ring is 1. The maximum atomic E-state index is 13.1. The summed E-state index contributed by atoms with van der Waals surface area (Å²) in [6.45, 7) is 1.18. The van der Waals surface area contributed by atoms with Crippen LogP contribution in [0.25, 0.3) is 0 Å². The summed E-state index contributed by atoms with van der Waals surface area (Å²) in [6, 6.07) is 2.92. The molecule has 4 heteroatoms. The molecule has 3 nitrogen and oxygen atoms in total. The van der Waals surface area contributed by atoms with Crippen molar-refractivity contribution in [3.05, 3.63) is 17.9 Å². The largest absolute Gasteiger partial charge is 0.486 e. The van der Waals surface area contributed by atoms with E-state index >= 15 is 0 Å². The van der Waals surface area contributed by atoms with Gasteiger partial charge in [-0.15, -0.1) is 0 Å². The first-order valence-electron chi connectivity index (χ1n) is 3.73. The van der Waals surface area contributed by atoms with Crippen molar-refractivity contribution in [3.63, 3.8) is 0 Å². The third-order valence-electron chi connectivity index (χ3n) is 1.73. The van der Waals surface area contributed by atoms with Crippen molar-refractivity contribution in [1.82, 2.24) is 0 Å². The van der Waals surface area contributed by atoms with E-state index in [9.17, 15) is 4.39 Å². The molecule has 1 aliphatic rings. The summed E-state index contributed by atoms with van der Waals surface area (Å²) in [5.41, 5.74) is 6.49. The molecule has 3 N–H and O–H groups in total. The van der Waals surface area contributed by atoms with Crippen molar-refractivity contribution in [3.8, 4) is 5.75 Å². The second-order valence-corrected chi connectivity index (χ2v) is 2.65. The Balaban J connectivity index is 2.53. The number of hydrogen-bond acceptors (Lipinski definition) is 3. The summed E-state index contributed by atoms with van der Waals surface area (Å²) in [5.74, 6) is -0.132. The van der Waals surface area contributed by atoms with E-state index in [1.54, 1.807) is 6.07 Å². The Morgan fingerprint density at radius 3 is 3.17 bits per heavy atom. The zero-order valence-electron chi connectivity index (χ0n) is 6.43. The molecule has 0 aromatic heterocycles. The van der Waals surface area contributed by atoms with Crippen LogP contribution in [0.15, 0.2) is 12.1 Å². The van der Waals surface area contributed by atoms with Gasteiger partial charge in [0, 0.05) is 18.3 Å². The van der Waals surface area contributed by atoms with Crippen LogP contribution in [-0.4, -0.2) is 13.2 Å². The lowest BCUT2D eigenvalue weighted by molar-refractivity contribution is 0.306. The van der Waals surface area contributed by atoms with Crippen molar-refractivity contribution in [1.29, 1.82) is 0 Å². The van der Waals surface area contributed by atoms with E-state index in [0.717, 1.165) is 0 Å². The number of halogens is 1. The zero-order valence-corrected chi connectivity index (χ0v) is 6.43. The van der Waals surface area contributed by atoms with E-state index in [1.165, 1.54) is 6.07 Å². The fourth-order valence-electron chi connectivity index (χ4n) is 1.23. The number of rotatable bonds is 0. The molecule has 0 aliphatic carbocycles. The van der Waals surface area contributed by atoms with Gasteiger partial charge in [-0.05, 0) is 6.07 Å². The van der Waals surface area contributed by atoms with Gasteiger partial charge in [0.05, 0.1) is 5.69 Å². The fraction of sp³-hybridized carbons (Fsp3) is 0.250. The van der Waals surface area contributed by atoms with E-state index in [0.29, 0.717) is 24.5 Å². The third kappa shape index (κ3) is 1.05. The predicted molar refractivity (Wildman–Crippen MR) is 44.8 cm³/mol. The normalized spacial score (nSPS) is 14.4. The zero-order chi connectivity index (χ0) is 8.55. The number of anilines is 2. The SMILES string of the molecule is Nc1cc(F)c2c(c1)NCCO2. The molecule has 0 spiro atoms. The van der Waals surface area contributed by atoms with Gasteiger partial charge in [-0.3, -0.25) is 0 Å². The van der Waals surface area contributed by atoms with Crippen molar-refractivity contribution in [2.45, 2.75) is 0 Å². The molecular weight excluding hydrogens is 159 g/mol. The van der Waals surface area contributed by atoms with Crippen LogP contribution in [-0.2, 0) is 0 Å². The van der Waals surface area contributed by atoms with Gasteiger partial charge in [-0.2, -0.15) is 0 Å². The molecule has 1 aliphatic heterocycles. The Morgan fingerprint density at radius 1 is 1.50 bits per heavy atom. The molecule has 0 amide bonds. The molecule has 1 aromatic rings. The molecule has 0 fully saturated rings. The van der Waals surface area contributed by atoms with E-state index < -0.39 is 5.82 Å². The Labute approximate surface area is 69.3 Å². The highest BCUT2D eigenvalue weighted by molar-refractivity contribution is 5.65. The van der Waals surface area contributed by atoms with Gasteiger partial charge in [-0.25, -0.2) is 4.39 Å². The average molecular weight is 168 g/mol. The number of nitrogens with two attached hydrogens (primary N) is 1. The number of hydrogen-bond donors (Lipinski definition) is 2. The number of benzene rings is 1. The van der Waals surface area contributed by atoms with Crippen LogP contribution < -0.4 is 15.8 Å². The van der Waals surface area contributed by atoms with Crippen molar-refractivity contribution >= 4 is 11.4 Å². The first kappa shape index (κ1) is 7.21. The Kier molecular flexibility index (Phi) is 1.53. The van der Waals surface area contributed by atoms with Crippen LogP contribution in [0.5, 0.6) is 5.75 Å². The molecule has 0 radical (unpaired) electrons. The molecule has 1 heterocycles. The standard InChI is InChI=1S/C8H9FN2O/c9-6-3-5(10)4-7-8(6)12-2-1-11-7/h3-4,11H,1-2,10H2. The number of ether oxygens (including phenoxy) is 1. The summed E-state index contributed by atoms with van der Waals surface area (Å²) >= 11 is 0. The second kappa shape index (κ2) is 2.55. The molecule has 1 aromatic carbocycles. The molecular formula is C8H9FN2O. The topological polar surface area (TPSA) is 47.3 Å². The van der Waals surface area contributed by atoms with Gasteiger partial charge >= 0.3 is 0 Å². The third-order valence-corrected chi connectivity index (χ3v) is 1.73. The van der Waals surface area contributed by atoms with Gasteiger partial charge in [0.2, 0.25) is 0 Å². The summed E-state index contributed by atoms with van der Waals surface area (Å²) in [4.78, 5) is 0. The minimum absolute atomic E-state index is 0.274. The summed E-state index contributed by atoms with van der Waals surface area (Å²) < 4.78 is 18.2. The van der Waals surface area contributed by atoms with E-state index in [1.807, 2.05) is 0 Å². The van der Waals surface area contributed by atoms with Crippen molar-refractivity contribution in [2.24, 2.45) is 0 Å². The van der Waals surface area contributed by atoms with Gasteiger partial charge < -0.3 is 15.8 Å². The van der Waals surface area contributed by atoms with E-state index in [2.05, 4.69) is 5.32 Å². The van der Waals surface area contributed by atoms with Crippen LogP contribution in [0.1, 0.15) is 0 Å². The lowest BCUT2D eigenvalue weighted by atomic mass is 10.2. The highest BCUT2D eigenvalue weighted by Gasteiger charge is 2.14. The first-order chi connectivity index (χ1) is 5.77. The molecule has 64 valence electrons. The average Bonchev–Trinajstić information content (AvgIpc) is 2.04. The van der Waals surface area contributed by atoms with Gasteiger partial charge in [0.1, 0.15) is 6.61 Å². The Hall–Kier alpha value is -1.45. The minimum atomic E-state index is -0.405. The lowest BCUT2D eigenvalue weighted by Gasteiger charge is -2.19. The predicted octanol–water partition coefficient (Wildman–Crippen LogP) is 1.21. The highest BCUT2D eigenvalue weighted by atomic mass is 19.1. The Morgan fingerprint density at radius 2 is 2.33 bits per heavy atom. The van der Waals surface area contributed by atoms with Crippen LogP contribution in [0.4, 0.5) is 15.8 Å². The number of nitrogens with one attached hydrogen (secondary N) is 1. The fourth-order valence-corrected chi connectivity index (χ4v) is 1.23. The smallest absolute Gasteiger partial charge is 0.178 e. The lowest BCUT2D eigenvalue weighted by Crippen LogP contribution is -2.19. The molecule has 0 bridgehead atoms. The molecule has 0 saturated heterocycles. The summed E-state index contributed by atoms with van der Waals surface area (Å²) in [5, 5.41) is 3.00. The maximum Gasteiger partial charge on any atom is 0.178 e. The summed E-state index contributed by atoms with van der Waals surface area (Å²) in [7, 11) is 0. The van der Waals surface area contributed by atoms with E-state index in [-0.39, 0.29) is 5.75 Å². The second-order valence-electron chi connectivity index (χ2n) is 2.65. The first-order valence-corrected chi connectivity index (χ1v) is 3.73. The highest BCUT2D eigenvalue weighted by Crippen LogP contribution is 2.32. The Bertz CT molecular complexity index is 314. The van der Waals surface area contributed by atoms with Crippen LogP contribution in [0.3, 0.4) is 0 Å². The van der Waals surface area contributed by atoms with Gasteiger partial charge in [0.25, 0.3) is 0 Å². The maximum absolute atomic E-state index is 13.1. The number of fused-ring (bicyclic) bond motifs is 1. The van der Waals surface area contributed by atoms with Gasteiger partial charge in [-0.1, -0.05) is 0 Å². The molecule has 0 unspecified atom stereocenters. The minimum Gasteiger partial charge on any atom is -0.486 e. The van der Waals surface area contributed by atoms with Gasteiger partial charge in [0.15, 0.2) is 11.6 Å². The summed E-state index contributed by atoms with van der Waals surface area (Å²) in [6.07, 6.45) is 0. The quantitative estimate of drug-likeness (QED) is 0.572. The molecule has 2 rings (SSSR count). The molecule has 12 heavy (non-hydrogen) atoms. The van der Waals surface area contributed by atoms with Crippen molar-refractivity contribution < 1.29 is 9.13 Å². The van der Waals surface area contributed by atoms with Crippen molar-refractivity contribution in [2.75, 3.05) is 24.2 Å². The monoisotopic (exact) mass is 168 g/mol. The van der Waals surface area contributed by atoms with E-state index in [4.69, 9.17) is 10.5 Å². The molecule has 0 atom stereocenters. The van der Waals surface area contributed by atoms with Crippen LogP contribution >= 0.6 is 0 Å².